The lowest BCUT2D eigenvalue weighted by molar-refractivity contribution is -0.372. The number of para-hydroxylation sites is 1. The van der Waals surface area contributed by atoms with Crippen molar-refractivity contribution in [2.24, 2.45) is 0 Å². The quantitative estimate of drug-likeness (QED) is 0.0205. The van der Waals surface area contributed by atoms with Gasteiger partial charge >= 0.3 is 6.03 Å². The first kappa shape index (κ1) is 63.5. The number of nitrogens with one attached hydrogen (secondary N) is 6. The summed E-state index contributed by atoms with van der Waals surface area (Å²) >= 11 is 9.38. The number of anilines is 4. The number of ether oxygens (including phenoxy) is 2. The summed E-state index contributed by atoms with van der Waals surface area (Å²) in [5.41, 5.74) is 1.43. The van der Waals surface area contributed by atoms with E-state index in [1.165, 1.54) is 17.5 Å². The molecule has 0 aliphatic carbocycles. The molecule has 3 aliphatic heterocycles. The molecular formula is C49H74ClN11O16S2. The second kappa shape index (κ2) is 37.4. The summed E-state index contributed by atoms with van der Waals surface area (Å²) in [5, 5.41) is 19.2. The highest BCUT2D eigenvalue weighted by Crippen LogP contribution is 2.33. The van der Waals surface area contributed by atoms with Crippen LogP contribution in [0.3, 0.4) is 0 Å². The Labute approximate surface area is 472 Å². The van der Waals surface area contributed by atoms with Crippen LogP contribution in [0.5, 0.6) is 0 Å². The van der Waals surface area contributed by atoms with Crippen LogP contribution in [-0.2, 0) is 67.9 Å². The number of thiazole rings is 1. The van der Waals surface area contributed by atoms with Gasteiger partial charge in [0.15, 0.2) is 5.13 Å². The highest BCUT2D eigenvalue weighted by molar-refractivity contribution is 8.00. The van der Waals surface area contributed by atoms with Gasteiger partial charge in [-0.1, -0.05) is 41.5 Å². The predicted octanol–water partition coefficient (Wildman–Crippen LogP) is 3.44. The van der Waals surface area contributed by atoms with Gasteiger partial charge in [0.1, 0.15) is 88.4 Å². The van der Waals surface area contributed by atoms with Gasteiger partial charge in [-0.3, -0.25) is 19.3 Å². The molecule has 6 rings (SSSR count). The molecule has 440 valence electrons. The van der Waals surface area contributed by atoms with Crippen molar-refractivity contribution in [1.29, 1.82) is 0 Å². The number of halogens is 1. The number of carbonyl (C=O) groups is 4. The van der Waals surface area contributed by atoms with E-state index in [1.54, 1.807) is 6.07 Å². The van der Waals surface area contributed by atoms with Crippen LogP contribution >= 0.6 is 34.7 Å². The number of aromatic nitrogens is 3. The van der Waals surface area contributed by atoms with E-state index in [0.717, 1.165) is 69.1 Å². The Balaban J connectivity index is 0.624. The van der Waals surface area contributed by atoms with Crippen molar-refractivity contribution in [3.63, 3.8) is 0 Å². The number of fused-ring (bicyclic) bond motifs is 1. The predicted molar refractivity (Wildman–Crippen MR) is 291 cm³/mol. The van der Waals surface area contributed by atoms with Gasteiger partial charge in [-0.15, -0.1) is 0 Å². The van der Waals surface area contributed by atoms with Crippen molar-refractivity contribution in [2.75, 3.05) is 160 Å². The van der Waals surface area contributed by atoms with Crippen molar-refractivity contribution in [3.05, 3.63) is 51.7 Å². The molecule has 79 heavy (non-hydrogen) atoms. The summed E-state index contributed by atoms with van der Waals surface area (Å²) in [6.45, 7) is 11.0. The Kier molecular flexibility index (Phi) is 30.0. The van der Waals surface area contributed by atoms with Crippen molar-refractivity contribution < 1.29 is 77.5 Å². The molecule has 3 saturated heterocycles. The van der Waals surface area contributed by atoms with Gasteiger partial charge in [0.2, 0.25) is 11.8 Å². The normalized spacial score (nSPS) is 17.1. The number of thioether (sulfide) groups is 1. The molecule has 3 aromatic rings. The van der Waals surface area contributed by atoms with Gasteiger partial charge in [0, 0.05) is 75.7 Å². The fourth-order valence-corrected chi connectivity index (χ4v) is 10.5. The van der Waals surface area contributed by atoms with E-state index < -0.39 is 0 Å². The molecule has 0 saturated carbocycles. The summed E-state index contributed by atoms with van der Waals surface area (Å²) < 4.78 is 10.9. The molecule has 0 radical (unpaired) electrons. The first-order valence-electron chi connectivity index (χ1n) is 26.3. The molecule has 3 aliphatic rings. The molecule has 5 amide bonds. The van der Waals surface area contributed by atoms with Crippen molar-refractivity contribution >= 4 is 80.9 Å². The Morgan fingerprint density at radius 2 is 1.33 bits per heavy atom. The van der Waals surface area contributed by atoms with Crippen molar-refractivity contribution in [2.45, 2.75) is 63.3 Å². The van der Waals surface area contributed by atoms with Crippen LogP contribution in [0.2, 0.25) is 5.02 Å². The molecule has 5 heterocycles. The topological polar surface area (TPSA) is 296 Å². The molecular weight excluding hydrogens is 1100 g/mol. The summed E-state index contributed by atoms with van der Waals surface area (Å²) in [6.07, 6.45) is 4.94. The van der Waals surface area contributed by atoms with Crippen LogP contribution in [0.1, 0.15) is 53.2 Å². The van der Waals surface area contributed by atoms with Gasteiger partial charge in [0.05, 0.1) is 55.4 Å². The zero-order valence-corrected chi connectivity index (χ0v) is 47.1. The molecule has 3 fully saturated rings. The molecule has 27 nitrogen and oxygen atoms in total. The van der Waals surface area contributed by atoms with E-state index in [2.05, 4.69) is 56.7 Å². The van der Waals surface area contributed by atoms with E-state index in [1.807, 2.05) is 43.8 Å². The zero-order valence-electron chi connectivity index (χ0n) is 44.7. The fraction of sp³-hybridized carbons (Fsp3) is 0.653. The van der Waals surface area contributed by atoms with Crippen LogP contribution in [-0.4, -0.2) is 205 Å². The lowest BCUT2D eigenvalue weighted by Crippen LogP contribution is -2.48. The fourth-order valence-electron chi connectivity index (χ4n) is 7.97. The first-order chi connectivity index (χ1) is 38.6. The maximum absolute atomic E-state index is 12.9. The molecule has 3 unspecified atom stereocenters. The Morgan fingerprint density at radius 1 is 0.722 bits per heavy atom. The van der Waals surface area contributed by atoms with Crippen molar-refractivity contribution in [1.82, 2.24) is 41.1 Å². The van der Waals surface area contributed by atoms with E-state index in [-0.39, 0.29) is 122 Å². The molecule has 6 N–H and O–H groups in total. The number of hydrogen-bond donors (Lipinski definition) is 6. The number of rotatable bonds is 42. The minimum Gasteiger partial charge on any atom is -0.378 e. The minimum absolute atomic E-state index is 0.00212. The highest BCUT2D eigenvalue weighted by atomic mass is 35.5. The molecule has 30 heteroatoms. The van der Waals surface area contributed by atoms with Gasteiger partial charge in [-0.2, -0.15) is 11.8 Å². The summed E-state index contributed by atoms with van der Waals surface area (Å²) in [4.78, 5) is 117. The van der Waals surface area contributed by atoms with E-state index in [4.69, 9.17) is 70.0 Å². The lowest BCUT2D eigenvalue weighted by Gasteiger charge is -2.35. The van der Waals surface area contributed by atoms with E-state index in [0.29, 0.717) is 70.3 Å². The van der Waals surface area contributed by atoms with Gasteiger partial charge in [-0.25, -0.2) is 68.6 Å². The standard InChI is InChI=1S/C49H74ClN11O16S2/c1-35-6-5-7-37(50)45(35)58-47(64)40-33-53-49(79-40)57-41-32-42(55-36(2)54-41)61-16-14-60(15-17-61)13-11-51-44(63)10-18-66-20-22-68-70-24-26-72-74-28-30-76-77-31-29-75-73-27-25-71-69-23-21-67-19-12-52-43(62)9-4-3-8-39-46-38(34-78-39)56-48(65)59-46/h5-7,32-33,38-39,46H,3-4,8-31,34H2,1-2H3,(H,51,63)(H,52,62)(H,58,64)(H2,56,59,65)(H,53,54,55,57). The number of aryl methyl sites for hydroxylation is 2. The maximum atomic E-state index is 12.9. The van der Waals surface area contributed by atoms with Crippen LogP contribution < -0.4 is 36.8 Å². The van der Waals surface area contributed by atoms with Crippen LogP contribution in [0, 0.1) is 13.8 Å². The Morgan fingerprint density at radius 3 is 1.97 bits per heavy atom. The molecule has 2 aromatic heterocycles. The second-order valence-electron chi connectivity index (χ2n) is 17.8. The highest BCUT2D eigenvalue weighted by Gasteiger charge is 2.42. The number of nitrogens with zero attached hydrogens (tertiary/aromatic N) is 5. The zero-order chi connectivity index (χ0) is 55.7. The number of piperazine rings is 1. The number of benzene rings is 1. The van der Waals surface area contributed by atoms with E-state index >= 15 is 0 Å². The number of urea groups is 1. The smallest absolute Gasteiger partial charge is 0.315 e. The number of unbranched alkanes of at least 4 members (excludes halogenated alkanes) is 1. The Bertz CT molecular complexity index is 2260. The third-order valence-corrected chi connectivity index (χ3v) is 14.6. The van der Waals surface area contributed by atoms with Gasteiger partial charge in [0.25, 0.3) is 5.91 Å². The van der Waals surface area contributed by atoms with Crippen LogP contribution in [0.4, 0.5) is 27.2 Å². The molecule has 3 atom stereocenters. The maximum Gasteiger partial charge on any atom is 0.315 e. The van der Waals surface area contributed by atoms with Crippen LogP contribution in [0.25, 0.3) is 0 Å². The number of amides is 5. The van der Waals surface area contributed by atoms with E-state index in [9.17, 15) is 19.2 Å². The average Bonchev–Trinajstić information content (AvgIpc) is 4.25. The van der Waals surface area contributed by atoms with Crippen molar-refractivity contribution in [3.8, 4) is 0 Å². The summed E-state index contributed by atoms with van der Waals surface area (Å²) in [6, 6.07) is 7.65. The number of carbonyl (C=O) groups excluding carboxylic acids is 4. The molecule has 1 aromatic carbocycles. The monoisotopic (exact) mass is 1170 g/mol. The number of hydrogen-bond acceptors (Lipinski definition) is 24. The van der Waals surface area contributed by atoms with Gasteiger partial charge in [-0.05, 0) is 38.3 Å². The molecule has 0 spiro atoms. The second-order valence-corrected chi connectivity index (χ2v) is 20.5. The Hall–Kier alpha value is -4.67. The minimum atomic E-state index is -0.298. The summed E-state index contributed by atoms with van der Waals surface area (Å²) in [5.74, 6) is 2.52. The largest absolute Gasteiger partial charge is 0.378 e. The third-order valence-electron chi connectivity index (χ3n) is 11.9. The van der Waals surface area contributed by atoms with Gasteiger partial charge < -0.3 is 46.3 Å². The van der Waals surface area contributed by atoms with Crippen LogP contribution in [0.15, 0.2) is 30.5 Å². The summed E-state index contributed by atoms with van der Waals surface area (Å²) in [7, 11) is 0. The lowest BCUT2D eigenvalue weighted by atomic mass is 10.0. The first-order valence-corrected chi connectivity index (χ1v) is 28.6. The average molecular weight is 1170 g/mol. The molecule has 0 bridgehead atoms. The SMILES string of the molecule is Cc1nc(Nc2ncc(C(=O)Nc3c(C)cccc3Cl)s2)cc(N2CCN(CCNC(=O)CCOCCOOCCOOCCOOCCOOCCOOCCOCCNC(=O)CCCCC3SCC4NC(=O)NC43)CC2)n1. The third kappa shape index (κ3) is 24.9.